The molecule has 0 spiro atoms. The van der Waals surface area contributed by atoms with Crippen LogP contribution in [-0.4, -0.2) is 21.3 Å². The number of hydrogen-bond acceptors (Lipinski definition) is 3. The first-order valence-electron chi connectivity index (χ1n) is 6.23. The van der Waals surface area contributed by atoms with Gasteiger partial charge in [-0.1, -0.05) is 23.4 Å². The number of rotatable bonds is 3. The molecule has 0 atom stereocenters. The molecule has 0 saturated carbocycles. The molecule has 1 heterocycles. The number of aldehydes is 1. The van der Waals surface area contributed by atoms with Crippen LogP contribution in [0.1, 0.15) is 10.5 Å². The van der Waals surface area contributed by atoms with Crippen LogP contribution in [0, 0.1) is 17.5 Å². The van der Waals surface area contributed by atoms with Gasteiger partial charge in [0.25, 0.3) is 0 Å². The average Bonchev–Trinajstić information content (AvgIpc) is 2.97. The van der Waals surface area contributed by atoms with Gasteiger partial charge in [0, 0.05) is 5.56 Å². The van der Waals surface area contributed by atoms with Gasteiger partial charge >= 0.3 is 0 Å². The summed E-state index contributed by atoms with van der Waals surface area (Å²) in [5, 5.41) is 7.42. The van der Waals surface area contributed by atoms with Crippen LogP contribution in [0.2, 0.25) is 0 Å². The van der Waals surface area contributed by atoms with Crippen LogP contribution in [0.3, 0.4) is 0 Å². The van der Waals surface area contributed by atoms with Crippen LogP contribution >= 0.6 is 0 Å². The van der Waals surface area contributed by atoms with Crippen molar-refractivity contribution in [2.75, 3.05) is 0 Å². The first-order chi connectivity index (χ1) is 10.6. The molecule has 0 amide bonds. The van der Waals surface area contributed by atoms with Gasteiger partial charge in [-0.25, -0.2) is 17.9 Å². The van der Waals surface area contributed by atoms with Crippen molar-refractivity contribution >= 4 is 6.29 Å². The quantitative estimate of drug-likeness (QED) is 0.551. The molecule has 0 aliphatic rings. The van der Waals surface area contributed by atoms with Crippen LogP contribution in [-0.2, 0) is 0 Å². The number of hydrogen-bond donors (Lipinski definition) is 0. The molecule has 0 fully saturated rings. The largest absolute Gasteiger partial charge is 0.296 e. The molecule has 0 aliphatic heterocycles. The summed E-state index contributed by atoms with van der Waals surface area (Å²) in [6.45, 7) is 0. The van der Waals surface area contributed by atoms with Crippen LogP contribution in [0.5, 0.6) is 0 Å². The van der Waals surface area contributed by atoms with E-state index in [0.717, 1.165) is 12.1 Å². The molecule has 0 unspecified atom stereocenters. The molecule has 0 radical (unpaired) electrons. The Bertz CT molecular complexity index is 847. The van der Waals surface area contributed by atoms with Crippen LogP contribution in [0.25, 0.3) is 16.9 Å². The highest BCUT2D eigenvalue weighted by Crippen LogP contribution is 2.29. The summed E-state index contributed by atoms with van der Waals surface area (Å²) in [7, 11) is 0. The highest BCUT2D eigenvalue weighted by atomic mass is 19.2. The van der Waals surface area contributed by atoms with Crippen LogP contribution < -0.4 is 0 Å². The van der Waals surface area contributed by atoms with Crippen molar-refractivity contribution in [1.82, 2.24) is 15.0 Å². The van der Waals surface area contributed by atoms with Crippen LogP contribution in [0.15, 0.2) is 42.5 Å². The topological polar surface area (TPSA) is 47.8 Å². The average molecular weight is 303 g/mol. The Morgan fingerprint density at radius 3 is 2.36 bits per heavy atom. The van der Waals surface area contributed by atoms with Gasteiger partial charge in [0.05, 0.1) is 5.69 Å². The van der Waals surface area contributed by atoms with Crippen molar-refractivity contribution < 1.29 is 18.0 Å². The molecule has 3 aromatic rings. The molecule has 1 aromatic heterocycles. The van der Waals surface area contributed by atoms with E-state index in [4.69, 9.17) is 0 Å². The lowest BCUT2D eigenvalue weighted by Gasteiger charge is -2.08. The van der Waals surface area contributed by atoms with E-state index in [0.29, 0.717) is 12.0 Å². The summed E-state index contributed by atoms with van der Waals surface area (Å²) in [6, 6.07) is 10.3. The van der Waals surface area contributed by atoms with E-state index in [9.17, 15) is 18.0 Å². The molecule has 3 rings (SSSR count). The summed E-state index contributed by atoms with van der Waals surface area (Å²) >= 11 is 0. The minimum absolute atomic E-state index is 0.0439. The van der Waals surface area contributed by atoms with Crippen molar-refractivity contribution in [2.45, 2.75) is 0 Å². The van der Waals surface area contributed by atoms with Crippen molar-refractivity contribution in [1.29, 1.82) is 0 Å². The van der Waals surface area contributed by atoms with Crippen molar-refractivity contribution in [3.05, 3.63) is 65.6 Å². The van der Waals surface area contributed by atoms with Gasteiger partial charge in [0.15, 0.2) is 29.4 Å². The lowest BCUT2D eigenvalue weighted by atomic mass is 10.1. The SMILES string of the molecule is O=Cc1nnn(-c2ccccc2)c1-c1ccc(F)c(F)c1F. The van der Waals surface area contributed by atoms with Gasteiger partial charge in [0.1, 0.15) is 5.69 Å². The second kappa shape index (κ2) is 5.44. The maximum atomic E-state index is 14.0. The van der Waals surface area contributed by atoms with Gasteiger partial charge in [-0.05, 0) is 24.3 Å². The number of benzene rings is 2. The second-order valence-electron chi connectivity index (χ2n) is 4.41. The Hall–Kier alpha value is -2.96. The zero-order valence-electron chi connectivity index (χ0n) is 11.0. The minimum Gasteiger partial charge on any atom is -0.296 e. The molecule has 0 N–H and O–H groups in total. The summed E-state index contributed by atoms with van der Waals surface area (Å²) in [5.41, 5.74) is -0.0107. The number of aromatic nitrogens is 3. The fraction of sp³-hybridized carbons (Fsp3) is 0. The third kappa shape index (κ3) is 2.16. The lowest BCUT2D eigenvalue weighted by molar-refractivity contribution is 0.111. The van der Waals surface area contributed by atoms with Gasteiger partial charge < -0.3 is 0 Å². The molecule has 4 nitrogen and oxygen atoms in total. The van der Waals surface area contributed by atoms with Gasteiger partial charge in [-0.15, -0.1) is 5.10 Å². The molecule has 0 aliphatic carbocycles. The normalized spacial score (nSPS) is 10.7. The smallest absolute Gasteiger partial charge is 0.195 e. The maximum Gasteiger partial charge on any atom is 0.195 e. The third-order valence-corrected chi connectivity index (χ3v) is 3.10. The summed E-state index contributed by atoms with van der Waals surface area (Å²) < 4.78 is 41.8. The third-order valence-electron chi connectivity index (χ3n) is 3.10. The summed E-state index contributed by atoms with van der Waals surface area (Å²) in [4.78, 5) is 11.1. The van der Waals surface area contributed by atoms with E-state index in [1.165, 1.54) is 4.68 Å². The number of nitrogens with zero attached hydrogens (tertiary/aromatic N) is 3. The van der Waals surface area contributed by atoms with Gasteiger partial charge in [-0.3, -0.25) is 4.79 Å². The van der Waals surface area contributed by atoms with Gasteiger partial charge in [0.2, 0.25) is 0 Å². The van der Waals surface area contributed by atoms with E-state index in [1.807, 2.05) is 0 Å². The van der Waals surface area contributed by atoms with Crippen molar-refractivity contribution in [2.24, 2.45) is 0 Å². The Morgan fingerprint density at radius 1 is 0.955 bits per heavy atom. The predicted molar refractivity (Wildman–Crippen MR) is 72.1 cm³/mol. The molecule has 0 saturated heterocycles. The summed E-state index contributed by atoms with van der Waals surface area (Å²) in [6.07, 6.45) is 0.377. The molecule has 0 bridgehead atoms. The molecule has 22 heavy (non-hydrogen) atoms. The fourth-order valence-electron chi connectivity index (χ4n) is 2.08. The Morgan fingerprint density at radius 2 is 1.68 bits per heavy atom. The standard InChI is InChI=1S/C15H8F3N3O/c16-11-7-6-10(13(17)14(11)18)15-12(8-22)19-20-21(15)9-4-2-1-3-5-9/h1-8H. The van der Waals surface area contributed by atoms with Crippen molar-refractivity contribution in [3.8, 4) is 16.9 Å². The number of para-hydroxylation sites is 1. The number of halogens is 3. The number of carbonyl (C=O) groups is 1. The molecular formula is C15H8F3N3O. The maximum absolute atomic E-state index is 14.0. The molecular weight excluding hydrogens is 295 g/mol. The van der Waals surface area contributed by atoms with E-state index in [-0.39, 0.29) is 17.0 Å². The molecule has 7 heteroatoms. The molecule has 110 valence electrons. The minimum atomic E-state index is -1.62. The summed E-state index contributed by atoms with van der Waals surface area (Å²) in [5.74, 6) is -4.33. The Labute approximate surface area is 122 Å². The first-order valence-corrected chi connectivity index (χ1v) is 6.23. The zero-order chi connectivity index (χ0) is 15.7. The Kier molecular flexibility index (Phi) is 3.46. The fourth-order valence-corrected chi connectivity index (χ4v) is 2.08. The van der Waals surface area contributed by atoms with E-state index >= 15 is 0 Å². The van der Waals surface area contributed by atoms with E-state index in [1.54, 1.807) is 30.3 Å². The van der Waals surface area contributed by atoms with Crippen molar-refractivity contribution in [3.63, 3.8) is 0 Å². The van der Waals surface area contributed by atoms with Crippen LogP contribution in [0.4, 0.5) is 13.2 Å². The number of carbonyl (C=O) groups excluding carboxylic acids is 1. The second-order valence-corrected chi connectivity index (χ2v) is 4.41. The predicted octanol–water partition coefficient (Wildman–Crippen LogP) is 3.16. The highest BCUT2D eigenvalue weighted by Gasteiger charge is 2.22. The van der Waals surface area contributed by atoms with E-state index in [2.05, 4.69) is 10.3 Å². The van der Waals surface area contributed by atoms with E-state index < -0.39 is 17.5 Å². The zero-order valence-corrected chi connectivity index (χ0v) is 11.0. The Balaban J connectivity index is 2.29. The monoisotopic (exact) mass is 303 g/mol. The lowest BCUT2D eigenvalue weighted by Crippen LogP contribution is -2.03. The highest BCUT2D eigenvalue weighted by molar-refractivity contribution is 5.84. The van der Waals surface area contributed by atoms with Gasteiger partial charge in [-0.2, -0.15) is 0 Å². The first kappa shape index (κ1) is 14.0. The molecule has 2 aromatic carbocycles.